The van der Waals surface area contributed by atoms with Crippen molar-refractivity contribution < 1.29 is 57.2 Å². The zero-order chi connectivity index (χ0) is 91.4. The van der Waals surface area contributed by atoms with Crippen LogP contribution in [0.2, 0.25) is 0 Å². The first kappa shape index (κ1) is 93.0. The van der Waals surface area contributed by atoms with Crippen LogP contribution in [0.4, 0.5) is 62.9 Å². The summed E-state index contributed by atoms with van der Waals surface area (Å²) in [6.07, 6.45) is 21.9. The minimum absolute atomic E-state index is 0.106. The molecule has 21 aliphatic rings. The van der Waals surface area contributed by atoms with Crippen molar-refractivity contribution in [1.82, 2.24) is 29.4 Å². The van der Waals surface area contributed by atoms with Crippen LogP contribution in [0.1, 0.15) is 152 Å². The fourth-order valence-corrected chi connectivity index (χ4v) is 20.1. The summed E-state index contributed by atoms with van der Waals surface area (Å²) in [5.41, 5.74) is 18.0. The van der Waals surface area contributed by atoms with Crippen LogP contribution in [0.15, 0.2) is 139 Å². The number of carbonyl (C=O) groups is 6. The normalized spacial score (nSPS) is 21.7. The van der Waals surface area contributed by atoms with Crippen LogP contribution in [0.5, 0.6) is 0 Å². The van der Waals surface area contributed by atoms with E-state index in [0.717, 1.165) is 178 Å². The standard InChI is InChI=1S/C102H132N18O12/c1-7-127-97(121)115-49-37-109(38-50-115)91-61-73-25-31-79(91)67-103-85-19-13-14-20-86(85)104-69-81-33-27-75(63-93(81)111-41-53-117(54-42-111)99(123)129-9-3)76-28-34-83(94(64-76)112-43-55-118(56-44-112)100(124)130-10-4)71-107-89-23-17-18-24-90(89)108-72-84-36-30-78(66-96(84)114-47-59-120(60-48-114)102(126)132-12-6)77-29-35-82(95(65-77)113-45-57-119(58-46-113)101(125)131-11-5)70-106-88-22-16-15-21-87(88)105-68-80-32-26-74(73)62-92(80)110-39-51-116(52-40-110)98(122)128-8-2/h25-36,61-72,85-90H,7-24,37-60H2,1-6H3/t85-,86-,87-,88-,89-,90-/m1/s1. The molecule has 9 fully saturated rings. The van der Waals surface area contributed by atoms with Crippen molar-refractivity contribution in [1.29, 1.82) is 0 Å². The predicted octanol–water partition coefficient (Wildman–Crippen LogP) is 15.2. The van der Waals surface area contributed by atoms with Gasteiger partial charge in [-0.25, -0.2) is 28.8 Å². The molecule has 6 atom stereocenters. The van der Waals surface area contributed by atoms with Crippen LogP contribution < -0.4 is 29.4 Å². The molecule has 6 saturated heterocycles. The summed E-state index contributed by atoms with van der Waals surface area (Å²) in [6.45, 7) is 25.8. The molecule has 12 bridgehead atoms. The van der Waals surface area contributed by atoms with Crippen molar-refractivity contribution in [3.05, 3.63) is 143 Å². The van der Waals surface area contributed by atoms with Gasteiger partial charge >= 0.3 is 36.6 Å². The van der Waals surface area contributed by atoms with Crippen LogP contribution in [0.25, 0.3) is 33.4 Å². The number of carbonyl (C=O) groups excluding carboxylic acids is 6. The molecule has 27 rings (SSSR count). The van der Waals surface area contributed by atoms with Crippen molar-refractivity contribution >= 4 is 108 Å². The third-order valence-corrected chi connectivity index (χ3v) is 27.6. The quantitative estimate of drug-likeness (QED) is 0.103. The van der Waals surface area contributed by atoms with E-state index in [1.807, 2.05) is 41.5 Å². The summed E-state index contributed by atoms with van der Waals surface area (Å²) in [5.74, 6) is 0. The fourth-order valence-electron chi connectivity index (χ4n) is 20.1. The first-order valence-corrected chi connectivity index (χ1v) is 48.7. The van der Waals surface area contributed by atoms with Crippen molar-refractivity contribution in [3.8, 4) is 33.4 Å². The molecule has 0 radical (unpaired) electrons. The number of hydrogen-bond acceptors (Lipinski definition) is 24. The highest BCUT2D eigenvalue weighted by Gasteiger charge is 2.35. The van der Waals surface area contributed by atoms with Gasteiger partial charge in [0.25, 0.3) is 0 Å². The number of benzene rings is 6. The summed E-state index contributed by atoms with van der Waals surface area (Å²) in [5, 5.41) is 0. The van der Waals surface area contributed by atoms with E-state index in [-0.39, 0.29) is 72.8 Å². The molecule has 18 heterocycles. The number of amides is 6. The molecule has 0 spiro atoms. The van der Waals surface area contributed by atoms with Crippen LogP contribution in [0, 0.1) is 0 Å². The van der Waals surface area contributed by atoms with Gasteiger partial charge in [-0.2, -0.15) is 0 Å². The molecule has 18 aliphatic heterocycles. The Hall–Kier alpha value is -12.2. The molecule has 132 heavy (non-hydrogen) atoms. The predicted molar refractivity (Wildman–Crippen MR) is 524 cm³/mol. The van der Waals surface area contributed by atoms with Crippen molar-refractivity contribution in [2.45, 2.75) is 155 Å². The minimum Gasteiger partial charge on any atom is -0.450 e. The Morgan fingerprint density at radius 2 is 0.356 bits per heavy atom. The van der Waals surface area contributed by atoms with Crippen molar-refractivity contribution in [2.24, 2.45) is 30.0 Å². The Morgan fingerprint density at radius 3 is 0.485 bits per heavy atom. The van der Waals surface area contributed by atoms with Gasteiger partial charge in [0.2, 0.25) is 0 Å². The number of hydrogen-bond donors (Lipinski definition) is 0. The number of piperazine rings is 6. The van der Waals surface area contributed by atoms with Gasteiger partial charge in [0.05, 0.1) is 75.9 Å². The van der Waals surface area contributed by atoms with E-state index in [9.17, 15) is 28.8 Å². The molecule has 702 valence electrons. The summed E-state index contributed by atoms with van der Waals surface area (Å²) < 4.78 is 33.1. The smallest absolute Gasteiger partial charge is 0.409 e. The molecule has 30 nitrogen and oxygen atoms in total. The fraction of sp³-hybridized carbons (Fsp3) is 0.529. The highest BCUT2D eigenvalue weighted by molar-refractivity contribution is 5.97. The summed E-state index contributed by atoms with van der Waals surface area (Å²) in [7, 11) is 0. The van der Waals surface area contributed by atoms with Gasteiger partial charge in [-0.15, -0.1) is 0 Å². The summed E-state index contributed by atoms with van der Waals surface area (Å²) >= 11 is 0. The van der Waals surface area contributed by atoms with Crippen LogP contribution in [-0.4, -0.2) is 336 Å². The number of nitrogens with zero attached hydrogens (tertiary/aromatic N) is 18. The molecule has 30 heteroatoms. The average molecular weight is 1800 g/mol. The minimum atomic E-state index is -0.309. The Kier molecular flexibility index (Phi) is 31.6. The third kappa shape index (κ3) is 22.6. The number of aliphatic imine (C=N–C) groups is 6. The van der Waals surface area contributed by atoms with Crippen LogP contribution in [-0.2, 0) is 28.4 Å². The molecule has 0 aromatic heterocycles. The lowest BCUT2D eigenvalue weighted by Gasteiger charge is -2.37. The number of anilines is 6. The first-order chi connectivity index (χ1) is 64.6. The maximum absolute atomic E-state index is 13.3. The maximum atomic E-state index is 13.3. The lowest BCUT2D eigenvalue weighted by molar-refractivity contribution is 0.104. The second-order valence-corrected chi connectivity index (χ2v) is 35.6. The lowest BCUT2D eigenvalue weighted by atomic mass is 9.91. The number of ether oxygens (including phenoxy) is 6. The zero-order valence-corrected chi connectivity index (χ0v) is 78.0. The second-order valence-electron chi connectivity index (χ2n) is 35.6. The van der Waals surface area contributed by atoms with E-state index in [2.05, 4.69) is 176 Å². The van der Waals surface area contributed by atoms with Gasteiger partial charge in [0, 0.05) is 262 Å². The first-order valence-electron chi connectivity index (χ1n) is 48.7. The molecule has 6 amide bonds. The Morgan fingerprint density at radius 1 is 0.220 bits per heavy atom. The highest BCUT2D eigenvalue weighted by atomic mass is 16.6. The monoisotopic (exact) mass is 1800 g/mol. The van der Waals surface area contributed by atoms with Crippen LogP contribution >= 0.6 is 0 Å². The Labute approximate surface area is 777 Å². The number of rotatable bonds is 12. The molecule has 0 N–H and O–H groups in total. The van der Waals surface area contributed by atoms with Gasteiger partial charge in [-0.05, 0) is 150 Å². The summed E-state index contributed by atoms with van der Waals surface area (Å²) in [6, 6.07) is 39.3. The molecule has 6 aromatic carbocycles. The van der Waals surface area contributed by atoms with E-state index in [1.54, 1.807) is 29.4 Å². The van der Waals surface area contributed by atoms with Crippen LogP contribution in [0.3, 0.4) is 0 Å². The third-order valence-electron chi connectivity index (χ3n) is 27.6. The zero-order valence-electron chi connectivity index (χ0n) is 78.0. The average Bonchev–Trinajstić information content (AvgIpc) is 0.792. The molecule has 6 aromatic rings. The van der Waals surface area contributed by atoms with E-state index in [1.165, 1.54) is 0 Å². The molecular formula is C102H132N18O12. The molecule has 3 saturated carbocycles. The Bertz CT molecular complexity index is 4370. The maximum Gasteiger partial charge on any atom is 0.409 e. The summed E-state index contributed by atoms with van der Waals surface area (Å²) in [4.78, 5) is 138. The van der Waals surface area contributed by atoms with Crippen molar-refractivity contribution in [3.63, 3.8) is 0 Å². The van der Waals surface area contributed by atoms with Gasteiger partial charge in [-0.1, -0.05) is 111 Å². The highest BCUT2D eigenvalue weighted by Crippen LogP contribution is 2.40. The van der Waals surface area contributed by atoms with Gasteiger partial charge in [0.15, 0.2) is 0 Å². The van der Waals surface area contributed by atoms with E-state index >= 15 is 0 Å². The van der Waals surface area contributed by atoms with Gasteiger partial charge < -0.3 is 87.2 Å². The molecular weight excluding hydrogens is 1670 g/mol. The molecule has 3 aliphatic carbocycles. The van der Waals surface area contributed by atoms with Crippen molar-refractivity contribution in [2.75, 3.05) is 226 Å². The molecule has 0 unspecified atom stereocenters. The SMILES string of the molecule is CCOC(=O)N1CCN(c2cc3ccc2C=N[C@@H]2CCCC[C@H]2N=Cc2ccc(cc2N2CCN(C(=O)OCC)CC2)-c2ccc(c(N4CCN(C(=O)OCC)CC4)c2)C=N[C@@H]2CCCC[C@H]2N=Cc2ccc(cc2N2CCN(C(=O)OCC)CC2)-c2ccc(c(N4CCN(C(=O)OCC)CC4)c2)C=N[C@@H]2CCCC[C@H]2N=Cc2ccc-3cc2N2CCN(C(=O)OCC)CC2)CC1. The lowest BCUT2D eigenvalue weighted by Crippen LogP contribution is -2.49. The van der Waals surface area contributed by atoms with Gasteiger partial charge in [0.1, 0.15) is 0 Å². The van der Waals surface area contributed by atoms with E-state index in [4.69, 9.17) is 58.4 Å². The topological polar surface area (TPSA) is 271 Å². The van der Waals surface area contributed by atoms with Gasteiger partial charge in [-0.3, -0.25) is 30.0 Å². The van der Waals surface area contributed by atoms with E-state index in [0.29, 0.717) is 197 Å². The second kappa shape index (κ2) is 44.8. The Balaban J connectivity index is 0.811. The van der Waals surface area contributed by atoms with E-state index < -0.39 is 0 Å². The largest absolute Gasteiger partial charge is 0.450 e.